The molecule has 0 aliphatic rings. The van der Waals surface area contributed by atoms with E-state index in [1.807, 2.05) is 72.8 Å². The number of nitrogens with zero attached hydrogens (tertiary/aromatic N) is 4. The van der Waals surface area contributed by atoms with Crippen molar-refractivity contribution in [3.8, 4) is 28.6 Å². The summed E-state index contributed by atoms with van der Waals surface area (Å²) in [6, 6.07) is 28.0. The fourth-order valence-electron chi connectivity index (χ4n) is 2.43. The van der Waals surface area contributed by atoms with Crippen molar-refractivity contribution in [1.29, 1.82) is 0 Å². The lowest BCUT2D eigenvalue weighted by Crippen LogP contribution is -1.99. The van der Waals surface area contributed by atoms with Crippen molar-refractivity contribution in [3.05, 3.63) is 84.9 Å². The monoisotopic (exact) mass is 314 g/mol. The van der Waals surface area contributed by atoms with Crippen LogP contribution in [0, 0.1) is 0 Å². The van der Waals surface area contributed by atoms with Crippen LogP contribution in [0.2, 0.25) is 0 Å². The molecule has 0 unspecified atom stereocenters. The van der Waals surface area contributed by atoms with E-state index in [0.717, 1.165) is 16.8 Å². The molecule has 4 rings (SSSR count). The van der Waals surface area contributed by atoms with E-state index in [1.165, 1.54) is 0 Å². The van der Waals surface area contributed by atoms with Gasteiger partial charge in [0.05, 0.1) is 5.69 Å². The van der Waals surface area contributed by atoms with Gasteiger partial charge in [-0.15, -0.1) is 0 Å². The molecule has 0 aliphatic heterocycles. The molecule has 0 atom stereocenters. The fraction of sp³-hybridized carbons (Fsp3) is 0. The van der Waals surface area contributed by atoms with E-state index >= 15 is 0 Å². The Balaban J connectivity index is 1.58. The van der Waals surface area contributed by atoms with E-state index in [4.69, 9.17) is 4.74 Å². The first-order valence-electron chi connectivity index (χ1n) is 7.57. The minimum Gasteiger partial charge on any atom is -0.423 e. The standard InChI is InChI=1S/C19H14N4O/c1-3-7-15(8-4-1)16-11-13-18(14-12-16)24-19-20-21-22-23(19)17-9-5-2-6-10-17/h1-14H. The number of aromatic nitrogens is 4. The van der Waals surface area contributed by atoms with E-state index in [9.17, 15) is 0 Å². The van der Waals surface area contributed by atoms with Crippen LogP contribution in [-0.4, -0.2) is 20.2 Å². The highest BCUT2D eigenvalue weighted by atomic mass is 16.5. The lowest BCUT2D eigenvalue weighted by Gasteiger charge is -2.07. The van der Waals surface area contributed by atoms with Crippen LogP contribution in [0.3, 0.4) is 0 Å². The number of rotatable bonds is 4. The van der Waals surface area contributed by atoms with Crippen LogP contribution in [0.4, 0.5) is 0 Å². The van der Waals surface area contributed by atoms with Crippen LogP contribution < -0.4 is 4.74 Å². The molecule has 0 spiro atoms. The van der Waals surface area contributed by atoms with Crippen molar-refractivity contribution >= 4 is 0 Å². The van der Waals surface area contributed by atoms with E-state index in [-0.39, 0.29) is 0 Å². The van der Waals surface area contributed by atoms with Gasteiger partial charge in [-0.2, -0.15) is 4.68 Å². The van der Waals surface area contributed by atoms with Crippen molar-refractivity contribution in [3.63, 3.8) is 0 Å². The highest BCUT2D eigenvalue weighted by molar-refractivity contribution is 5.63. The Morgan fingerprint density at radius 1 is 0.667 bits per heavy atom. The van der Waals surface area contributed by atoms with Gasteiger partial charge in [0.15, 0.2) is 0 Å². The second-order valence-corrected chi connectivity index (χ2v) is 5.20. The summed E-state index contributed by atoms with van der Waals surface area (Å²) in [5.41, 5.74) is 3.14. The molecule has 5 heteroatoms. The van der Waals surface area contributed by atoms with Crippen LogP contribution >= 0.6 is 0 Å². The summed E-state index contributed by atoms with van der Waals surface area (Å²) in [7, 11) is 0. The van der Waals surface area contributed by atoms with Gasteiger partial charge in [0.25, 0.3) is 0 Å². The molecule has 0 aliphatic carbocycles. The second-order valence-electron chi connectivity index (χ2n) is 5.20. The Bertz CT molecular complexity index is 919. The third-order valence-electron chi connectivity index (χ3n) is 3.61. The van der Waals surface area contributed by atoms with E-state index in [2.05, 4.69) is 27.7 Å². The van der Waals surface area contributed by atoms with Crippen LogP contribution in [-0.2, 0) is 0 Å². The second kappa shape index (κ2) is 6.34. The fourth-order valence-corrected chi connectivity index (χ4v) is 2.43. The Hall–Kier alpha value is -3.47. The molecule has 0 bridgehead atoms. The third kappa shape index (κ3) is 2.87. The summed E-state index contributed by atoms with van der Waals surface area (Å²) in [6.45, 7) is 0. The minimum atomic E-state index is 0.327. The maximum atomic E-state index is 5.82. The van der Waals surface area contributed by atoms with Crippen molar-refractivity contribution in [2.24, 2.45) is 0 Å². The van der Waals surface area contributed by atoms with Crippen LogP contribution in [0.25, 0.3) is 16.8 Å². The van der Waals surface area contributed by atoms with Gasteiger partial charge < -0.3 is 4.74 Å². The highest BCUT2D eigenvalue weighted by Crippen LogP contribution is 2.25. The average molecular weight is 314 g/mol. The SMILES string of the molecule is c1ccc(-c2ccc(Oc3nnnn3-c3ccccc3)cc2)cc1. The van der Waals surface area contributed by atoms with Gasteiger partial charge in [0.2, 0.25) is 0 Å². The van der Waals surface area contributed by atoms with E-state index in [0.29, 0.717) is 11.8 Å². The van der Waals surface area contributed by atoms with Gasteiger partial charge in [0, 0.05) is 0 Å². The lowest BCUT2D eigenvalue weighted by molar-refractivity contribution is 0.427. The smallest absolute Gasteiger partial charge is 0.345 e. The summed E-state index contributed by atoms with van der Waals surface area (Å²) in [6.07, 6.45) is 0. The number of benzene rings is 3. The first kappa shape index (κ1) is 14.1. The number of ether oxygens (including phenoxy) is 1. The highest BCUT2D eigenvalue weighted by Gasteiger charge is 2.10. The molecule has 0 amide bonds. The molecule has 116 valence electrons. The Labute approximate surface area is 139 Å². The summed E-state index contributed by atoms with van der Waals surface area (Å²) in [4.78, 5) is 0. The topological polar surface area (TPSA) is 52.8 Å². The first-order valence-corrected chi connectivity index (χ1v) is 7.57. The zero-order valence-corrected chi connectivity index (χ0v) is 12.8. The Morgan fingerprint density at radius 3 is 2.00 bits per heavy atom. The van der Waals surface area contributed by atoms with E-state index < -0.39 is 0 Å². The van der Waals surface area contributed by atoms with Crippen LogP contribution in [0.1, 0.15) is 0 Å². The third-order valence-corrected chi connectivity index (χ3v) is 3.61. The molecule has 0 radical (unpaired) electrons. The maximum Gasteiger partial charge on any atom is 0.345 e. The zero-order valence-electron chi connectivity index (χ0n) is 12.8. The van der Waals surface area contributed by atoms with Crippen molar-refractivity contribution in [2.75, 3.05) is 0 Å². The molecule has 1 heterocycles. The van der Waals surface area contributed by atoms with Crippen LogP contribution in [0.15, 0.2) is 84.9 Å². The number of hydrogen-bond donors (Lipinski definition) is 0. The molecule has 3 aromatic carbocycles. The lowest BCUT2D eigenvalue weighted by atomic mass is 10.1. The normalized spacial score (nSPS) is 10.5. The quantitative estimate of drug-likeness (QED) is 0.568. The Morgan fingerprint density at radius 2 is 1.29 bits per heavy atom. The van der Waals surface area contributed by atoms with Crippen molar-refractivity contribution in [2.45, 2.75) is 0 Å². The number of tetrazole rings is 1. The molecule has 24 heavy (non-hydrogen) atoms. The van der Waals surface area contributed by atoms with Crippen molar-refractivity contribution in [1.82, 2.24) is 20.2 Å². The summed E-state index contributed by atoms with van der Waals surface area (Å²) in [5.74, 6) is 0.682. The Kier molecular flexibility index (Phi) is 3.73. The average Bonchev–Trinajstić information content (AvgIpc) is 3.12. The molecule has 4 aromatic rings. The van der Waals surface area contributed by atoms with Gasteiger partial charge in [-0.25, -0.2) is 0 Å². The van der Waals surface area contributed by atoms with Gasteiger partial charge in [-0.1, -0.05) is 65.8 Å². The van der Waals surface area contributed by atoms with Gasteiger partial charge >= 0.3 is 6.01 Å². The molecular weight excluding hydrogens is 300 g/mol. The summed E-state index contributed by atoms with van der Waals surface area (Å²) >= 11 is 0. The van der Waals surface area contributed by atoms with E-state index in [1.54, 1.807) is 4.68 Å². The summed E-state index contributed by atoms with van der Waals surface area (Å²) in [5, 5.41) is 11.6. The van der Waals surface area contributed by atoms with Gasteiger partial charge in [-0.05, 0) is 45.8 Å². The zero-order chi connectivity index (χ0) is 16.2. The summed E-state index contributed by atoms with van der Waals surface area (Å²) < 4.78 is 7.38. The molecule has 0 saturated carbocycles. The van der Waals surface area contributed by atoms with Crippen LogP contribution in [0.5, 0.6) is 11.8 Å². The predicted octanol–water partition coefficient (Wildman–Crippen LogP) is 4.12. The molecule has 0 N–H and O–H groups in total. The largest absolute Gasteiger partial charge is 0.423 e. The molecule has 0 fully saturated rings. The molecule has 1 aromatic heterocycles. The molecular formula is C19H14N4O. The predicted molar refractivity (Wildman–Crippen MR) is 91.1 cm³/mol. The molecule has 0 saturated heterocycles. The first-order chi connectivity index (χ1) is 11.9. The number of para-hydroxylation sites is 1. The van der Waals surface area contributed by atoms with Crippen molar-refractivity contribution < 1.29 is 4.74 Å². The maximum absolute atomic E-state index is 5.82. The molecule has 5 nitrogen and oxygen atoms in total. The van der Waals surface area contributed by atoms with Gasteiger partial charge in [-0.3, -0.25) is 0 Å². The van der Waals surface area contributed by atoms with Gasteiger partial charge in [0.1, 0.15) is 5.75 Å². The number of hydrogen-bond acceptors (Lipinski definition) is 4. The minimum absolute atomic E-state index is 0.327.